The lowest BCUT2D eigenvalue weighted by Gasteiger charge is -2.12. The van der Waals surface area contributed by atoms with E-state index in [1.165, 1.54) is 0 Å². The predicted octanol–water partition coefficient (Wildman–Crippen LogP) is 4.76. The summed E-state index contributed by atoms with van der Waals surface area (Å²) < 4.78 is 1.92. The second kappa shape index (κ2) is 14.3. The fourth-order valence-electron chi connectivity index (χ4n) is 3.66. The minimum absolute atomic E-state index is 0. The van der Waals surface area contributed by atoms with E-state index in [1.54, 1.807) is 6.20 Å². The van der Waals surface area contributed by atoms with Gasteiger partial charge in [-0.25, -0.2) is 4.98 Å². The Kier molecular flexibility index (Phi) is 11.5. The Labute approximate surface area is 218 Å². The number of nitrogens with zero attached hydrogens (tertiary/aromatic N) is 2. The summed E-state index contributed by atoms with van der Waals surface area (Å²) in [5.74, 6) is 0.585. The Balaban J connectivity index is 0.00000216. The first-order chi connectivity index (χ1) is 16.2. The molecule has 0 aliphatic heterocycles. The van der Waals surface area contributed by atoms with Gasteiger partial charge < -0.3 is 20.3 Å². The Morgan fingerprint density at radius 3 is 2.26 bits per heavy atom. The number of para-hydroxylation sites is 1. The van der Waals surface area contributed by atoms with Crippen LogP contribution in [0, 0.1) is 0 Å². The van der Waals surface area contributed by atoms with E-state index in [2.05, 4.69) is 15.6 Å². The van der Waals surface area contributed by atoms with Gasteiger partial charge in [-0.3, -0.25) is 4.79 Å². The average Bonchev–Trinajstić information content (AvgIpc) is 3.31. The molecule has 0 radical (unpaired) electrons. The fourth-order valence-corrected chi connectivity index (χ4v) is 3.66. The van der Waals surface area contributed by atoms with Crippen LogP contribution in [-0.4, -0.2) is 33.7 Å². The van der Waals surface area contributed by atoms with E-state index in [0.717, 1.165) is 35.5 Å². The van der Waals surface area contributed by atoms with Crippen molar-refractivity contribution in [2.24, 2.45) is 0 Å². The highest BCUT2D eigenvalue weighted by Crippen LogP contribution is 2.14. The summed E-state index contributed by atoms with van der Waals surface area (Å²) in [5, 5.41) is 16.4. The quantitative estimate of drug-likeness (QED) is 0.267. The second-order valence-electron chi connectivity index (χ2n) is 7.85. The molecule has 0 saturated carbocycles. The molecule has 0 bridgehead atoms. The number of rotatable bonds is 10. The lowest BCUT2D eigenvalue weighted by Crippen LogP contribution is -2.23. The van der Waals surface area contributed by atoms with E-state index in [9.17, 15) is 9.90 Å². The number of aliphatic hydroxyl groups excluding tert-OH is 1. The first-order valence-electron chi connectivity index (χ1n) is 11.1. The van der Waals surface area contributed by atoms with Crippen molar-refractivity contribution in [3.8, 4) is 5.69 Å². The Hall–Kier alpha value is -3.16. The normalized spacial score (nSPS) is 11.1. The van der Waals surface area contributed by atoms with Crippen LogP contribution in [0.1, 0.15) is 23.1 Å². The van der Waals surface area contributed by atoms with Crippen molar-refractivity contribution in [2.75, 3.05) is 18.4 Å². The number of nitrogens with one attached hydrogen (secondary N) is 2. The molecule has 1 heterocycles. The van der Waals surface area contributed by atoms with Gasteiger partial charge in [0.05, 0.1) is 12.5 Å². The number of anilines is 1. The maximum Gasteiger partial charge on any atom is 0.231 e. The van der Waals surface area contributed by atoms with Gasteiger partial charge in [0.1, 0.15) is 5.82 Å². The molecule has 0 spiro atoms. The second-order valence-corrected chi connectivity index (χ2v) is 7.85. The average molecular weight is 513 g/mol. The van der Waals surface area contributed by atoms with Gasteiger partial charge in [-0.05, 0) is 48.4 Å². The van der Waals surface area contributed by atoms with Crippen LogP contribution in [0.5, 0.6) is 0 Å². The van der Waals surface area contributed by atoms with Gasteiger partial charge in [0.25, 0.3) is 0 Å². The van der Waals surface area contributed by atoms with Crippen LogP contribution in [0.15, 0.2) is 97.3 Å². The number of hydrogen-bond acceptors (Lipinski definition) is 4. The molecule has 0 saturated heterocycles. The van der Waals surface area contributed by atoms with Gasteiger partial charge in [-0.2, -0.15) is 0 Å². The summed E-state index contributed by atoms with van der Waals surface area (Å²) >= 11 is 0. The van der Waals surface area contributed by atoms with Crippen LogP contribution in [0.3, 0.4) is 0 Å². The standard InChI is InChI=1S/C27H28N4O2.2ClH/c32-25(22-7-3-1-4-8-22)20-28-16-15-21-11-13-23(14-12-21)30-27(33)19-26-29-17-18-31(26)24-9-5-2-6-10-24;;/h1-14,17-18,25,28,32H,15-16,19-20H2,(H,30,33);2*1H. The number of amides is 1. The molecule has 0 aliphatic carbocycles. The van der Waals surface area contributed by atoms with Crippen LogP contribution < -0.4 is 10.6 Å². The third kappa shape index (κ3) is 8.23. The molecule has 4 aromatic rings. The first-order valence-corrected chi connectivity index (χ1v) is 11.1. The summed E-state index contributed by atoms with van der Waals surface area (Å²) in [7, 11) is 0. The van der Waals surface area contributed by atoms with Crippen molar-refractivity contribution < 1.29 is 9.90 Å². The molecular formula is C27H30Cl2N4O2. The topological polar surface area (TPSA) is 79.2 Å². The minimum atomic E-state index is -0.513. The molecule has 184 valence electrons. The van der Waals surface area contributed by atoms with Crippen molar-refractivity contribution in [1.82, 2.24) is 14.9 Å². The van der Waals surface area contributed by atoms with Crippen molar-refractivity contribution in [3.05, 3.63) is 114 Å². The van der Waals surface area contributed by atoms with Crippen molar-refractivity contribution in [3.63, 3.8) is 0 Å². The highest BCUT2D eigenvalue weighted by atomic mass is 35.5. The lowest BCUT2D eigenvalue weighted by molar-refractivity contribution is -0.115. The van der Waals surface area contributed by atoms with E-state index < -0.39 is 6.10 Å². The van der Waals surface area contributed by atoms with Crippen LogP contribution in [0.25, 0.3) is 5.69 Å². The number of carbonyl (C=O) groups is 1. The van der Waals surface area contributed by atoms with Gasteiger partial charge >= 0.3 is 0 Å². The lowest BCUT2D eigenvalue weighted by atomic mass is 10.1. The number of hydrogen-bond donors (Lipinski definition) is 3. The number of aromatic nitrogens is 2. The van der Waals surface area contributed by atoms with Crippen LogP contribution >= 0.6 is 24.8 Å². The van der Waals surface area contributed by atoms with Crippen LogP contribution in [0.4, 0.5) is 5.69 Å². The molecule has 1 aromatic heterocycles. The van der Waals surface area contributed by atoms with Gasteiger partial charge in [0.15, 0.2) is 0 Å². The predicted molar refractivity (Wildman–Crippen MR) is 145 cm³/mol. The number of imidazole rings is 1. The van der Waals surface area contributed by atoms with Crippen molar-refractivity contribution in [1.29, 1.82) is 0 Å². The molecule has 1 unspecified atom stereocenters. The van der Waals surface area contributed by atoms with Gasteiger partial charge in [0.2, 0.25) is 5.91 Å². The molecule has 0 fully saturated rings. The van der Waals surface area contributed by atoms with E-state index in [0.29, 0.717) is 12.4 Å². The summed E-state index contributed by atoms with van der Waals surface area (Å²) in [6.45, 7) is 1.27. The van der Waals surface area contributed by atoms with Gasteiger partial charge in [-0.15, -0.1) is 24.8 Å². The number of benzene rings is 3. The molecule has 4 rings (SSSR count). The molecule has 6 nitrogen and oxygen atoms in total. The van der Waals surface area contributed by atoms with E-state index in [4.69, 9.17) is 0 Å². The molecule has 0 aliphatic rings. The molecule has 3 N–H and O–H groups in total. The Bertz CT molecular complexity index is 1150. The highest BCUT2D eigenvalue weighted by molar-refractivity contribution is 5.91. The molecule has 8 heteroatoms. The SMILES string of the molecule is Cl.Cl.O=C(Cc1nccn1-c1ccccc1)Nc1ccc(CCNCC(O)c2ccccc2)cc1. The maximum atomic E-state index is 12.5. The molecule has 1 atom stereocenters. The molecule has 35 heavy (non-hydrogen) atoms. The third-order valence-corrected chi connectivity index (χ3v) is 5.42. The van der Waals surface area contributed by atoms with Gasteiger partial charge in [0, 0.05) is 30.3 Å². The first kappa shape index (κ1) is 28.1. The molecule has 3 aromatic carbocycles. The highest BCUT2D eigenvalue weighted by Gasteiger charge is 2.11. The zero-order chi connectivity index (χ0) is 22.9. The summed E-state index contributed by atoms with van der Waals surface area (Å²) in [5.41, 5.74) is 3.81. The molecule has 1 amide bonds. The largest absolute Gasteiger partial charge is 0.387 e. The summed E-state index contributed by atoms with van der Waals surface area (Å²) in [6.07, 6.45) is 4.08. The number of aliphatic hydroxyl groups is 1. The summed E-state index contributed by atoms with van der Waals surface area (Å²) in [6, 6.07) is 27.3. The third-order valence-electron chi connectivity index (χ3n) is 5.42. The Morgan fingerprint density at radius 1 is 0.914 bits per heavy atom. The van der Waals surface area contributed by atoms with E-state index in [-0.39, 0.29) is 37.1 Å². The summed E-state index contributed by atoms with van der Waals surface area (Å²) in [4.78, 5) is 16.9. The monoisotopic (exact) mass is 512 g/mol. The zero-order valence-corrected chi connectivity index (χ0v) is 20.8. The van der Waals surface area contributed by atoms with Gasteiger partial charge in [-0.1, -0.05) is 60.7 Å². The zero-order valence-electron chi connectivity index (χ0n) is 19.2. The fraction of sp³-hybridized carbons (Fsp3) is 0.185. The van der Waals surface area contributed by atoms with Crippen LogP contribution in [-0.2, 0) is 17.6 Å². The maximum absolute atomic E-state index is 12.5. The Morgan fingerprint density at radius 2 is 1.57 bits per heavy atom. The van der Waals surface area contributed by atoms with Crippen molar-refractivity contribution in [2.45, 2.75) is 18.9 Å². The van der Waals surface area contributed by atoms with Crippen molar-refractivity contribution >= 4 is 36.4 Å². The smallest absolute Gasteiger partial charge is 0.231 e. The van der Waals surface area contributed by atoms with E-state index in [1.807, 2.05) is 95.7 Å². The number of halogens is 2. The number of carbonyl (C=O) groups excluding carboxylic acids is 1. The van der Waals surface area contributed by atoms with Crippen LogP contribution in [0.2, 0.25) is 0 Å². The minimum Gasteiger partial charge on any atom is -0.387 e. The van der Waals surface area contributed by atoms with E-state index >= 15 is 0 Å². The molecular weight excluding hydrogens is 483 g/mol.